The van der Waals surface area contributed by atoms with E-state index in [-0.39, 0.29) is 18.4 Å². The van der Waals surface area contributed by atoms with Crippen molar-refractivity contribution in [2.45, 2.75) is 54.1 Å². The number of hydrogen-bond donors (Lipinski definition) is 2. The molecule has 0 aliphatic rings. The Morgan fingerprint density at radius 3 is 2.31 bits per heavy atom. The highest BCUT2D eigenvalue weighted by Gasteiger charge is 2.23. The van der Waals surface area contributed by atoms with E-state index in [1.165, 1.54) is 11.3 Å². The van der Waals surface area contributed by atoms with E-state index < -0.39 is 12.1 Å². The topological polar surface area (TPSA) is 93.7 Å². The fourth-order valence-electron chi connectivity index (χ4n) is 3.71. The van der Waals surface area contributed by atoms with Crippen LogP contribution in [0, 0.1) is 20.8 Å². The van der Waals surface area contributed by atoms with Gasteiger partial charge in [0.05, 0.1) is 12.2 Å². The van der Waals surface area contributed by atoms with Crippen molar-refractivity contribution in [3.05, 3.63) is 75.2 Å². The molecule has 0 saturated heterocycles. The minimum atomic E-state index is -0.738. The van der Waals surface area contributed by atoms with Crippen LogP contribution >= 0.6 is 11.3 Å². The fourth-order valence-corrected chi connectivity index (χ4v) is 4.75. The van der Waals surface area contributed by atoms with Crippen molar-refractivity contribution in [3.63, 3.8) is 0 Å². The molecule has 0 radical (unpaired) electrons. The fraction of sp³-hybridized carbons (Fsp3) is 0.321. The summed E-state index contributed by atoms with van der Waals surface area (Å²) in [6.45, 7) is 11.4. The van der Waals surface area contributed by atoms with Crippen LogP contribution in [0.25, 0.3) is 0 Å². The normalized spacial score (nSPS) is 11.5. The number of hydrogen-bond acceptors (Lipinski definition) is 6. The van der Waals surface area contributed by atoms with E-state index in [0.717, 1.165) is 33.7 Å². The highest BCUT2D eigenvalue weighted by Crippen LogP contribution is 2.33. The van der Waals surface area contributed by atoms with Crippen molar-refractivity contribution in [3.8, 4) is 5.75 Å². The third kappa shape index (κ3) is 6.12. The number of benzene rings is 2. The smallest absolute Gasteiger partial charge is 0.341 e. The summed E-state index contributed by atoms with van der Waals surface area (Å²) in [7, 11) is 0. The minimum absolute atomic E-state index is 0.253. The molecule has 1 heterocycles. The molecule has 1 aromatic heterocycles. The van der Waals surface area contributed by atoms with E-state index >= 15 is 0 Å². The zero-order valence-corrected chi connectivity index (χ0v) is 22.3. The van der Waals surface area contributed by atoms with Crippen LogP contribution in [0.1, 0.15) is 63.1 Å². The number of nitrogens with one attached hydrogen (secondary N) is 2. The van der Waals surface area contributed by atoms with E-state index in [1.807, 2.05) is 45.9 Å². The number of carbonyl (C=O) groups excluding carboxylic acids is 3. The van der Waals surface area contributed by atoms with Crippen LogP contribution < -0.4 is 15.4 Å². The first-order valence-electron chi connectivity index (χ1n) is 11.9. The van der Waals surface area contributed by atoms with E-state index in [4.69, 9.17) is 9.47 Å². The van der Waals surface area contributed by atoms with Crippen molar-refractivity contribution < 1.29 is 23.9 Å². The maximum Gasteiger partial charge on any atom is 0.341 e. The van der Waals surface area contributed by atoms with E-state index in [1.54, 1.807) is 38.1 Å². The lowest BCUT2D eigenvalue weighted by Gasteiger charge is -2.18. The summed E-state index contributed by atoms with van der Waals surface area (Å²) in [6.07, 6.45) is 0.0697. The molecule has 1 atom stereocenters. The molecule has 0 aliphatic carbocycles. The third-order valence-corrected chi connectivity index (χ3v) is 7.00. The standard InChI is InChI=1S/C28H32N2O5S/c1-7-20-11-9-10-16(3)24(20)29-25(31)18(5)35-22-14-12-21(13-15-22)26(32)30-27-23(28(33)34-8-2)17(4)19(6)36-27/h9-15,18H,7-8H2,1-6H3,(H,29,31)(H,30,32). The summed E-state index contributed by atoms with van der Waals surface area (Å²) < 4.78 is 11.0. The van der Waals surface area contributed by atoms with E-state index in [9.17, 15) is 14.4 Å². The zero-order valence-electron chi connectivity index (χ0n) is 21.5. The molecule has 7 nitrogen and oxygen atoms in total. The van der Waals surface area contributed by atoms with Crippen LogP contribution in [0.2, 0.25) is 0 Å². The summed E-state index contributed by atoms with van der Waals surface area (Å²) in [5, 5.41) is 6.26. The lowest BCUT2D eigenvalue weighted by atomic mass is 10.1. The minimum Gasteiger partial charge on any atom is -0.481 e. The Hall–Kier alpha value is -3.65. The molecule has 2 aromatic carbocycles. The van der Waals surface area contributed by atoms with Gasteiger partial charge in [-0.2, -0.15) is 0 Å². The van der Waals surface area contributed by atoms with Gasteiger partial charge in [-0.3, -0.25) is 9.59 Å². The maximum atomic E-state index is 12.8. The van der Waals surface area contributed by atoms with Gasteiger partial charge < -0.3 is 20.1 Å². The summed E-state index contributed by atoms with van der Waals surface area (Å²) >= 11 is 1.34. The first-order chi connectivity index (χ1) is 17.2. The van der Waals surface area contributed by atoms with Crippen LogP contribution in [0.4, 0.5) is 10.7 Å². The lowest BCUT2D eigenvalue weighted by Crippen LogP contribution is -2.30. The van der Waals surface area contributed by atoms with Crippen LogP contribution in [0.3, 0.4) is 0 Å². The molecule has 0 aliphatic heterocycles. The summed E-state index contributed by atoms with van der Waals surface area (Å²) in [4.78, 5) is 38.9. The van der Waals surface area contributed by atoms with Gasteiger partial charge in [0.2, 0.25) is 0 Å². The predicted octanol–water partition coefficient (Wildman–Crippen LogP) is 6.07. The Kier molecular flexibility index (Phi) is 8.88. The molecule has 8 heteroatoms. The van der Waals surface area contributed by atoms with Gasteiger partial charge in [-0.1, -0.05) is 25.1 Å². The number of ether oxygens (including phenoxy) is 2. The number of aryl methyl sites for hydroxylation is 3. The van der Waals surface area contributed by atoms with Crippen molar-refractivity contribution in [2.24, 2.45) is 0 Å². The van der Waals surface area contributed by atoms with Gasteiger partial charge in [-0.05, 0) is 82.0 Å². The summed E-state index contributed by atoms with van der Waals surface area (Å²) in [5.74, 6) is -0.603. The molecular formula is C28H32N2O5S. The molecule has 3 rings (SSSR count). The maximum absolute atomic E-state index is 12.8. The predicted molar refractivity (Wildman–Crippen MR) is 143 cm³/mol. The molecule has 0 bridgehead atoms. The van der Waals surface area contributed by atoms with Crippen molar-refractivity contribution in [1.29, 1.82) is 0 Å². The second kappa shape index (κ2) is 11.9. The van der Waals surface area contributed by atoms with Crippen LogP contribution in [0.5, 0.6) is 5.75 Å². The molecule has 3 aromatic rings. The number of carbonyl (C=O) groups is 3. The third-order valence-electron chi connectivity index (χ3n) is 5.88. The molecule has 2 N–H and O–H groups in total. The molecule has 36 heavy (non-hydrogen) atoms. The lowest BCUT2D eigenvalue weighted by molar-refractivity contribution is -0.122. The average Bonchev–Trinajstić information content (AvgIpc) is 3.13. The Morgan fingerprint density at radius 1 is 0.972 bits per heavy atom. The monoisotopic (exact) mass is 508 g/mol. The number of thiophene rings is 1. The van der Waals surface area contributed by atoms with Gasteiger partial charge in [0, 0.05) is 16.1 Å². The van der Waals surface area contributed by atoms with Crippen molar-refractivity contribution in [2.75, 3.05) is 17.2 Å². The van der Waals surface area contributed by atoms with Gasteiger partial charge >= 0.3 is 5.97 Å². The molecule has 1 unspecified atom stereocenters. The van der Waals surface area contributed by atoms with E-state index in [2.05, 4.69) is 10.6 Å². The molecule has 2 amide bonds. The van der Waals surface area contributed by atoms with Gasteiger partial charge in [0.15, 0.2) is 6.10 Å². The molecule has 190 valence electrons. The molecular weight excluding hydrogens is 476 g/mol. The second-order valence-electron chi connectivity index (χ2n) is 8.40. The number of anilines is 2. The van der Waals surface area contributed by atoms with Gasteiger partial charge in [0.1, 0.15) is 10.8 Å². The Balaban J connectivity index is 1.66. The van der Waals surface area contributed by atoms with Crippen molar-refractivity contribution >= 4 is 39.8 Å². The first-order valence-corrected chi connectivity index (χ1v) is 12.7. The van der Waals surface area contributed by atoms with Crippen LogP contribution in [-0.2, 0) is 16.0 Å². The van der Waals surface area contributed by atoms with Gasteiger partial charge in [-0.15, -0.1) is 11.3 Å². The quantitative estimate of drug-likeness (QED) is 0.342. The highest BCUT2D eigenvalue weighted by molar-refractivity contribution is 7.16. The number of para-hydroxylation sites is 1. The summed E-state index contributed by atoms with van der Waals surface area (Å²) in [6, 6.07) is 12.4. The molecule has 0 fully saturated rings. The molecule has 0 spiro atoms. The Morgan fingerprint density at radius 2 is 1.67 bits per heavy atom. The van der Waals surface area contributed by atoms with E-state index in [0.29, 0.717) is 21.9 Å². The summed E-state index contributed by atoms with van der Waals surface area (Å²) in [5.41, 5.74) is 4.44. The highest BCUT2D eigenvalue weighted by atomic mass is 32.1. The Labute approximate surface area is 215 Å². The molecule has 0 saturated carbocycles. The SMILES string of the molecule is CCOC(=O)c1c(NC(=O)c2ccc(OC(C)C(=O)Nc3c(C)cccc3CC)cc2)sc(C)c1C. The average molecular weight is 509 g/mol. The number of rotatable bonds is 9. The van der Waals surface area contributed by atoms with Crippen LogP contribution in [-0.4, -0.2) is 30.5 Å². The van der Waals surface area contributed by atoms with Crippen LogP contribution in [0.15, 0.2) is 42.5 Å². The second-order valence-corrected chi connectivity index (χ2v) is 9.62. The largest absolute Gasteiger partial charge is 0.481 e. The zero-order chi connectivity index (χ0) is 26.4. The van der Waals surface area contributed by atoms with Gasteiger partial charge in [-0.25, -0.2) is 4.79 Å². The van der Waals surface area contributed by atoms with Crippen molar-refractivity contribution in [1.82, 2.24) is 0 Å². The number of amides is 2. The first kappa shape index (κ1) is 26.9. The number of esters is 1. The Bertz CT molecular complexity index is 1260. The van der Waals surface area contributed by atoms with Gasteiger partial charge in [0.25, 0.3) is 11.8 Å².